The second-order valence-electron chi connectivity index (χ2n) is 9.62. The van der Waals surface area contributed by atoms with Crippen LogP contribution in [-0.4, -0.2) is 44.6 Å². The van der Waals surface area contributed by atoms with E-state index in [0.29, 0.717) is 39.8 Å². The number of fused-ring (bicyclic) bond motifs is 1. The molecule has 1 N–H and O–H groups in total. The van der Waals surface area contributed by atoms with Crippen molar-refractivity contribution in [3.63, 3.8) is 0 Å². The summed E-state index contributed by atoms with van der Waals surface area (Å²) < 4.78 is 18.4. The van der Waals surface area contributed by atoms with Crippen LogP contribution < -0.4 is 25.1 Å². The van der Waals surface area contributed by atoms with E-state index in [1.54, 1.807) is 75.5 Å². The minimum Gasteiger partial charge on any atom is -0.493 e. The first-order chi connectivity index (χ1) is 21.5. The van der Waals surface area contributed by atoms with Crippen LogP contribution in [0.15, 0.2) is 109 Å². The van der Waals surface area contributed by atoms with Gasteiger partial charge in [-0.05, 0) is 35.9 Å². The fraction of sp³-hybridized carbons (Fsp3) is 0.0909. The van der Waals surface area contributed by atoms with Crippen molar-refractivity contribution >= 4 is 22.6 Å². The van der Waals surface area contributed by atoms with Crippen LogP contribution in [0.2, 0.25) is 0 Å². The molecule has 4 heterocycles. The minimum absolute atomic E-state index is 0.0566. The monoisotopic (exact) mass is 586 g/mol. The zero-order valence-corrected chi connectivity index (χ0v) is 23.8. The molecule has 11 nitrogen and oxygen atoms in total. The van der Waals surface area contributed by atoms with Crippen LogP contribution in [0.3, 0.4) is 0 Å². The summed E-state index contributed by atoms with van der Waals surface area (Å²) in [6, 6.07) is 19.6. The highest BCUT2D eigenvalue weighted by Gasteiger charge is 2.17. The third kappa shape index (κ3) is 5.93. The average molecular weight is 587 g/mol. The van der Waals surface area contributed by atoms with E-state index in [2.05, 4.69) is 25.3 Å². The van der Waals surface area contributed by atoms with Gasteiger partial charge in [-0.2, -0.15) is 0 Å². The molecule has 0 saturated carbocycles. The van der Waals surface area contributed by atoms with E-state index in [4.69, 9.17) is 14.2 Å². The summed E-state index contributed by atoms with van der Waals surface area (Å²) in [7, 11) is 3.12. The summed E-state index contributed by atoms with van der Waals surface area (Å²) in [4.78, 5) is 44.0. The average Bonchev–Trinajstić information content (AvgIpc) is 3.07. The Morgan fingerprint density at radius 3 is 2.39 bits per heavy atom. The van der Waals surface area contributed by atoms with Crippen molar-refractivity contribution in [3.8, 4) is 34.3 Å². The van der Waals surface area contributed by atoms with Crippen molar-refractivity contribution in [1.29, 1.82) is 0 Å². The lowest BCUT2D eigenvalue weighted by Gasteiger charge is -2.13. The van der Waals surface area contributed by atoms with E-state index in [0.717, 1.165) is 10.9 Å². The second-order valence-corrected chi connectivity index (χ2v) is 9.62. The molecule has 0 saturated heterocycles. The number of hydrogen-bond acceptors (Lipinski definition) is 9. The molecule has 218 valence electrons. The zero-order chi connectivity index (χ0) is 30.5. The Bertz CT molecular complexity index is 2000. The van der Waals surface area contributed by atoms with Gasteiger partial charge in [-0.25, -0.2) is 4.98 Å². The Morgan fingerprint density at radius 2 is 1.66 bits per heavy atom. The van der Waals surface area contributed by atoms with Gasteiger partial charge in [0.05, 0.1) is 44.4 Å². The van der Waals surface area contributed by atoms with E-state index < -0.39 is 11.5 Å². The van der Waals surface area contributed by atoms with Crippen molar-refractivity contribution < 1.29 is 19.0 Å². The molecule has 6 aromatic rings. The highest BCUT2D eigenvalue weighted by atomic mass is 16.5. The molecule has 0 unspecified atom stereocenters. The Labute approximate surface area is 251 Å². The Hall–Kier alpha value is -6.10. The molecule has 0 aliphatic carbocycles. The molecule has 0 spiro atoms. The number of nitrogens with zero attached hydrogens (tertiary/aromatic N) is 5. The van der Waals surface area contributed by atoms with Gasteiger partial charge in [0, 0.05) is 41.8 Å². The maximum absolute atomic E-state index is 13.4. The van der Waals surface area contributed by atoms with Gasteiger partial charge in [-0.3, -0.25) is 24.5 Å². The predicted molar refractivity (Wildman–Crippen MR) is 164 cm³/mol. The van der Waals surface area contributed by atoms with Gasteiger partial charge < -0.3 is 24.1 Å². The summed E-state index contributed by atoms with van der Waals surface area (Å²) in [5.41, 5.74) is 2.18. The SMILES string of the molecule is COc1cc2nccc(Oc3ccc(NC(=O)c4cc(-c5cnccn5)cn(Cc5ccccc5)c4=O)nc3)c2cc1OC. The third-order valence-electron chi connectivity index (χ3n) is 6.80. The third-order valence-corrected chi connectivity index (χ3v) is 6.80. The molecule has 0 bridgehead atoms. The molecule has 0 radical (unpaired) electrons. The fourth-order valence-corrected chi connectivity index (χ4v) is 4.65. The van der Waals surface area contributed by atoms with Crippen LogP contribution in [-0.2, 0) is 6.54 Å². The lowest BCUT2D eigenvalue weighted by Crippen LogP contribution is -2.29. The van der Waals surface area contributed by atoms with E-state index in [9.17, 15) is 9.59 Å². The molecule has 2 aromatic carbocycles. The van der Waals surface area contributed by atoms with Gasteiger partial charge in [-0.15, -0.1) is 0 Å². The number of anilines is 1. The van der Waals surface area contributed by atoms with Crippen molar-refractivity contribution in [2.45, 2.75) is 6.54 Å². The van der Waals surface area contributed by atoms with Crippen LogP contribution in [0.4, 0.5) is 5.82 Å². The van der Waals surface area contributed by atoms with Crippen LogP contribution in [0.1, 0.15) is 15.9 Å². The number of pyridine rings is 3. The number of benzene rings is 2. The number of carbonyl (C=O) groups excluding carboxylic acids is 1. The number of ether oxygens (including phenoxy) is 3. The van der Waals surface area contributed by atoms with Gasteiger partial charge in [0.25, 0.3) is 11.5 Å². The Balaban J connectivity index is 1.25. The maximum Gasteiger partial charge on any atom is 0.263 e. The summed E-state index contributed by atoms with van der Waals surface area (Å²) in [5, 5.41) is 3.44. The van der Waals surface area contributed by atoms with Crippen LogP contribution >= 0.6 is 0 Å². The predicted octanol–water partition coefficient (Wildman–Crippen LogP) is 5.36. The van der Waals surface area contributed by atoms with Crippen molar-refractivity contribution in [2.24, 2.45) is 0 Å². The summed E-state index contributed by atoms with van der Waals surface area (Å²) in [6.45, 7) is 0.278. The summed E-state index contributed by atoms with van der Waals surface area (Å²) in [5.74, 6) is 1.70. The molecule has 0 aliphatic rings. The summed E-state index contributed by atoms with van der Waals surface area (Å²) >= 11 is 0. The van der Waals surface area contributed by atoms with Gasteiger partial charge in [-0.1, -0.05) is 30.3 Å². The molecule has 11 heteroatoms. The Morgan fingerprint density at radius 1 is 0.841 bits per heavy atom. The molecule has 6 rings (SSSR count). The van der Waals surface area contributed by atoms with Gasteiger partial charge >= 0.3 is 0 Å². The number of methoxy groups -OCH3 is 2. The van der Waals surface area contributed by atoms with Crippen molar-refractivity contribution in [1.82, 2.24) is 24.5 Å². The van der Waals surface area contributed by atoms with E-state index in [1.165, 1.54) is 16.8 Å². The maximum atomic E-state index is 13.4. The molecule has 1 amide bonds. The lowest BCUT2D eigenvalue weighted by atomic mass is 10.1. The number of nitrogens with one attached hydrogen (secondary N) is 1. The first-order valence-electron chi connectivity index (χ1n) is 13.5. The molecule has 0 fully saturated rings. The van der Waals surface area contributed by atoms with Crippen LogP contribution in [0.25, 0.3) is 22.2 Å². The number of hydrogen-bond donors (Lipinski definition) is 1. The topological polar surface area (TPSA) is 130 Å². The largest absolute Gasteiger partial charge is 0.493 e. The number of amides is 1. The van der Waals surface area contributed by atoms with E-state index in [-0.39, 0.29) is 17.9 Å². The molecular formula is C33H26N6O5. The van der Waals surface area contributed by atoms with Gasteiger partial charge in [0.2, 0.25) is 0 Å². The van der Waals surface area contributed by atoms with E-state index in [1.807, 2.05) is 30.3 Å². The molecular weight excluding hydrogens is 560 g/mol. The second kappa shape index (κ2) is 12.4. The fourth-order valence-electron chi connectivity index (χ4n) is 4.65. The van der Waals surface area contributed by atoms with Crippen LogP contribution in [0.5, 0.6) is 23.0 Å². The number of aromatic nitrogens is 5. The van der Waals surface area contributed by atoms with Crippen molar-refractivity contribution in [3.05, 3.63) is 125 Å². The van der Waals surface area contributed by atoms with Gasteiger partial charge in [0.15, 0.2) is 11.5 Å². The van der Waals surface area contributed by atoms with E-state index >= 15 is 0 Å². The number of rotatable bonds is 9. The smallest absolute Gasteiger partial charge is 0.263 e. The summed E-state index contributed by atoms with van der Waals surface area (Å²) in [6.07, 6.45) is 9.47. The lowest BCUT2D eigenvalue weighted by molar-refractivity contribution is 0.102. The van der Waals surface area contributed by atoms with Gasteiger partial charge in [0.1, 0.15) is 22.9 Å². The first-order valence-corrected chi connectivity index (χ1v) is 13.5. The van der Waals surface area contributed by atoms with Crippen molar-refractivity contribution in [2.75, 3.05) is 19.5 Å². The molecule has 4 aromatic heterocycles. The first kappa shape index (κ1) is 28.0. The minimum atomic E-state index is -0.607. The standard InChI is InChI=1S/C33H26N6O5/c1-42-29-15-24-26(16-30(29)43-2)35-11-10-28(24)44-23-8-9-31(37-17-23)38-32(40)25-14-22(27-18-34-12-13-36-27)20-39(33(25)41)19-21-6-4-3-5-7-21/h3-18,20H,19H2,1-2H3,(H,37,38,40). The molecule has 44 heavy (non-hydrogen) atoms. The quantitative estimate of drug-likeness (QED) is 0.238. The number of carbonyl (C=O) groups is 1. The highest BCUT2D eigenvalue weighted by Crippen LogP contribution is 2.36. The zero-order valence-electron chi connectivity index (χ0n) is 23.8. The van der Waals surface area contributed by atoms with Crippen LogP contribution in [0, 0.1) is 0 Å². The normalized spacial score (nSPS) is 10.8. The molecule has 0 atom stereocenters. The highest BCUT2D eigenvalue weighted by molar-refractivity contribution is 6.04. The Kier molecular flexibility index (Phi) is 7.91. The molecule has 0 aliphatic heterocycles.